The number of nitrogens with zero attached hydrogens (tertiary/aromatic N) is 1. The van der Waals surface area contributed by atoms with Gasteiger partial charge in [0.2, 0.25) is 0 Å². The average molecular weight is 415 g/mol. The van der Waals surface area contributed by atoms with Crippen LogP contribution in [0.4, 0.5) is 0 Å². The van der Waals surface area contributed by atoms with Gasteiger partial charge in [-0.1, -0.05) is 36.4 Å². The molecule has 0 bridgehead atoms. The molecule has 1 fully saturated rings. The Balaban J connectivity index is 0.00000101. The Morgan fingerprint density at radius 1 is 1.10 bits per heavy atom. The van der Waals surface area contributed by atoms with Crippen LogP contribution in [0.3, 0.4) is 0 Å². The molecule has 0 aliphatic carbocycles. The summed E-state index contributed by atoms with van der Waals surface area (Å²) in [7, 11) is 0. The fourth-order valence-electron chi connectivity index (χ4n) is 3.47. The SMILES string of the molecule is O=C(NCC(O)CN1CCCC1)c1cccc(-c2ccc(CCO)cc2)c1.O=CO. The van der Waals surface area contributed by atoms with E-state index < -0.39 is 6.10 Å². The van der Waals surface area contributed by atoms with Crippen LogP contribution in [0, 0.1) is 0 Å². The minimum absolute atomic E-state index is 0.138. The average Bonchev–Trinajstić information content (AvgIpc) is 3.26. The van der Waals surface area contributed by atoms with E-state index in [2.05, 4.69) is 10.2 Å². The molecule has 0 radical (unpaired) electrons. The maximum absolute atomic E-state index is 12.4. The molecule has 1 aliphatic heterocycles. The quantitative estimate of drug-likeness (QED) is 0.490. The molecule has 0 aromatic heterocycles. The topological polar surface area (TPSA) is 110 Å². The summed E-state index contributed by atoms with van der Waals surface area (Å²) in [5.41, 5.74) is 3.67. The number of nitrogens with one attached hydrogen (secondary N) is 1. The zero-order chi connectivity index (χ0) is 21.8. The fraction of sp³-hybridized carbons (Fsp3) is 0.391. The first-order valence-corrected chi connectivity index (χ1v) is 10.1. The van der Waals surface area contributed by atoms with Crippen LogP contribution < -0.4 is 5.32 Å². The van der Waals surface area contributed by atoms with Gasteiger partial charge >= 0.3 is 0 Å². The Labute approximate surface area is 177 Å². The van der Waals surface area contributed by atoms with Gasteiger partial charge in [0.1, 0.15) is 0 Å². The Kier molecular flexibility index (Phi) is 10.00. The molecule has 2 aromatic carbocycles. The molecule has 30 heavy (non-hydrogen) atoms. The Hall–Kier alpha value is -2.74. The van der Waals surface area contributed by atoms with E-state index in [9.17, 15) is 9.90 Å². The highest BCUT2D eigenvalue weighted by Crippen LogP contribution is 2.21. The molecule has 4 N–H and O–H groups in total. The number of carbonyl (C=O) groups excluding carboxylic acids is 1. The van der Waals surface area contributed by atoms with Crippen molar-refractivity contribution < 1.29 is 24.9 Å². The van der Waals surface area contributed by atoms with Gasteiger partial charge in [-0.2, -0.15) is 0 Å². The summed E-state index contributed by atoms with van der Waals surface area (Å²) in [6, 6.07) is 15.5. The molecule has 1 unspecified atom stereocenters. The van der Waals surface area contributed by atoms with Gasteiger partial charge in [-0.05, 0) is 61.2 Å². The molecule has 1 amide bonds. The number of hydrogen-bond acceptors (Lipinski definition) is 5. The Morgan fingerprint density at radius 2 is 1.77 bits per heavy atom. The van der Waals surface area contributed by atoms with Crippen LogP contribution in [-0.4, -0.2) is 71.5 Å². The molecule has 1 atom stereocenters. The summed E-state index contributed by atoms with van der Waals surface area (Å²) in [5.74, 6) is -0.172. The van der Waals surface area contributed by atoms with Crippen LogP contribution >= 0.6 is 0 Å². The van der Waals surface area contributed by atoms with Crippen LogP contribution in [0.2, 0.25) is 0 Å². The van der Waals surface area contributed by atoms with E-state index in [0.717, 1.165) is 29.8 Å². The Morgan fingerprint density at radius 3 is 2.40 bits per heavy atom. The van der Waals surface area contributed by atoms with Crippen molar-refractivity contribution in [2.24, 2.45) is 0 Å². The standard InChI is InChI=1S/C22H28N2O3.CH2O2/c25-13-10-17-6-8-18(9-7-17)19-4-3-5-20(14-19)22(27)23-15-21(26)16-24-11-1-2-12-24;2-1-3/h3-9,14,21,25-26H,1-2,10-13,15-16H2,(H,23,27);1H,(H,2,3). The maximum atomic E-state index is 12.4. The van der Waals surface area contributed by atoms with Crippen LogP contribution in [0.15, 0.2) is 48.5 Å². The zero-order valence-corrected chi connectivity index (χ0v) is 17.0. The van der Waals surface area contributed by atoms with Gasteiger partial charge in [-0.15, -0.1) is 0 Å². The predicted molar refractivity (Wildman–Crippen MR) is 115 cm³/mol. The monoisotopic (exact) mass is 414 g/mol. The van der Waals surface area contributed by atoms with Gasteiger partial charge in [0, 0.05) is 25.3 Å². The number of benzene rings is 2. The van der Waals surface area contributed by atoms with E-state index in [1.54, 1.807) is 6.07 Å². The summed E-state index contributed by atoms with van der Waals surface area (Å²) in [6.45, 7) is 2.82. The summed E-state index contributed by atoms with van der Waals surface area (Å²) in [4.78, 5) is 23.0. The molecule has 0 saturated carbocycles. The molecular formula is C23H30N2O5. The molecule has 1 heterocycles. The molecule has 7 heteroatoms. The van der Waals surface area contributed by atoms with Crippen molar-refractivity contribution in [2.45, 2.75) is 25.4 Å². The van der Waals surface area contributed by atoms with E-state index in [4.69, 9.17) is 15.0 Å². The number of carbonyl (C=O) groups is 2. The second kappa shape index (κ2) is 12.7. The third kappa shape index (κ3) is 7.59. The highest BCUT2D eigenvalue weighted by molar-refractivity contribution is 5.95. The van der Waals surface area contributed by atoms with Crippen molar-refractivity contribution in [3.05, 3.63) is 59.7 Å². The number of aliphatic hydroxyl groups excluding tert-OH is 2. The molecular weight excluding hydrogens is 384 g/mol. The lowest BCUT2D eigenvalue weighted by atomic mass is 10.0. The van der Waals surface area contributed by atoms with Gasteiger partial charge in [0.15, 0.2) is 0 Å². The minimum atomic E-state index is -0.547. The number of carboxylic acid groups (broad SMARTS) is 1. The van der Waals surface area contributed by atoms with Crippen molar-refractivity contribution >= 4 is 12.4 Å². The number of hydrogen-bond donors (Lipinski definition) is 4. The van der Waals surface area contributed by atoms with Crippen molar-refractivity contribution in [1.82, 2.24) is 10.2 Å². The van der Waals surface area contributed by atoms with Crippen molar-refractivity contribution in [1.29, 1.82) is 0 Å². The molecule has 1 saturated heterocycles. The summed E-state index contributed by atoms with van der Waals surface area (Å²) in [5, 5.41) is 28.9. The Bertz CT molecular complexity index is 788. The third-order valence-corrected chi connectivity index (χ3v) is 4.98. The zero-order valence-electron chi connectivity index (χ0n) is 17.0. The number of β-amino-alcohol motifs (C(OH)–C–C–N with tert-alkyl or cyclic N) is 1. The smallest absolute Gasteiger partial charge is 0.290 e. The molecule has 7 nitrogen and oxygen atoms in total. The number of rotatable bonds is 8. The number of aliphatic hydroxyl groups is 2. The van der Waals surface area contributed by atoms with Gasteiger partial charge in [-0.25, -0.2) is 0 Å². The lowest BCUT2D eigenvalue weighted by Crippen LogP contribution is -2.39. The molecule has 162 valence electrons. The van der Waals surface area contributed by atoms with Crippen molar-refractivity contribution in [3.63, 3.8) is 0 Å². The molecule has 0 spiro atoms. The molecule has 1 aliphatic rings. The second-order valence-electron chi connectivity index (χ2n) is 7.23. The first-order chi connectivity index (χ1) is 14.6. The maximum Gasteiger partial charge on any atom is 0.290 e. The van der Waals surface area contributed by atoms with Gasteiger partial charge in [0.05, 0.1) is 6.10 Å². The van der Waals surface area contributed by atoms with E-state index in [1.807, 2.05) is 42.5 Å². The minimum Gasteiger partial charge on any atom is -0.483 e. The summed E-state index contributed by atoms with van der Waals surface area (Å²) in [6.07, 6.45) is 2.47. The van der Waals surface area contributed by atoms with Gasteiger partial charge in [-0.3, -0.25) is 9.59 Å². The van der Waals surface area contributed by atoms with Crippen LogP contribution in [0.1, 0.15) is 28.8 Å². The predicted octanol–water partition coefficient (Wildman–Crippen LogP) is 1.78. The normalized spacial score (nSPS) is 14.5. The highest BCUT2D eigenvalue weighted by atomic mass is 16.3. The lowest BCUT2D eigenvalue weighted by Gasteiger charge is -2.19. The van der Waals surface area contributed by atoms with Crippen LogP contribution in [-0.2, 0) is 11.2 Å². The van der Waals surface area contributed by atoms with Crippen molar-refractivity contribution in [2.75, 3.05) is 32.8 Å². The first-order valence-electron chi connectivity index (χ1n) is 10.1. The third-order valence-electron chi connectivity index (χ3n) is 4.98. The van der Waals surface area contributed by atoms with E-state index in [1.165, 1.54) is 12.8 Å². The number of amides is 1. The molecule has 3 rings (SSSR count). The first kappa shape index (κ1) is 23.5. The second-order valence-corrected chi connectivity index (χ2v) is 7.23. The van der Waals surface area contributed by atoms with E-state index >= 15 is 0 Å². The largest absolute Gasteiger partial charge is 0.483 e. The highest BCUT2D eigenvalue weighted by Gasteiger charge is 2.16. The van der Waals surface area contributed by atoms with Crippen LogP contribution in [0.25, 0.3) is 11.1 Å². The number of likely N-dealkylation sites (tertiary alicyclic amines) is 1. The van der Waals surface area contributed by atoms with Crippen molar-refractivity contribution in [3.8, 4) is 11.1 Å². The summed E-state index contributed by atoms with van der Waals surface area (Å²) >= 11 is 0. The lowest BCUT2D eigenvalue weighted by molar-refractivity contribution is -0.122. The van der Waals surface area contributed by atoms with E-state index in [-0.39, 0.29) is 25.5 Å². The van der Waals surface area contributed by atoms with E-state index in [0.29, 0.717) is 18.5 Å². The van der Waals surface area contributed by atoms with Crippen LogP contribution in [0.5, 0.6) is 0 Å². The fourth-order valence-corrected chi connectivity index (χ4v) is 3.47. The van der Waals surface area contributed by atoms with Gasteiger partial charge in [0.25, 0.3) is 12.4 Å². The summed E-state index contributed by atoms with van der Waals surface area (Å²) < 4.78 is 0. The molecule has 2 aromatic rings. The van der Waals surface area contributed by atoms with Gasteiger partial charge < -0.3 is 25.5 Å².